The molecule has 1 heterocycles. The molecule has 0 aromatic carbocycles. The summed E-state index contributed by atoms with van der Waals surface area (Å²) in [6, 6.07) is 1.27. The Morgan fingerprint density at radius 1 is 1.25 bits per heavy atom. The lowest BCUT2D eigenvalue weighted by Crippen LogP contribution is -2.36. The van der Waals surface area contributed by atoms with Gasteiger partial charge >= 0.3 is 5.69 Å². The Labute approximate surface area is 68.8 Å². The van der Waals surface area contributed by atoms with Crippen LogP contribution >= 0.6 is 0 Å². The molecule has 0 fully saturated rings. The minimum absolute atomic E-state index is 0.267. The summed E-state index contributed by atoms with van der Waals surface area (Å²) < 4.78 is 7.09. The number of aromatic nitrogens is 2. The predicted molar refractivity (Wildman–Crippen MR) is 43.5 cm³/mol. The van der Waals surface area contributed by atoms with Crippen LogP contribution in [0.25, 0.3) is 0 Å². The molecule has 5 nitrogen and oxygen atoms in total. The van der Waals surface area contributed by atoms with Crippen LogP contribution in [0.2, 0.25) is 0 Å². The van der Waals surface area contributed by atoms with Crippen LogP contribution in [0.5, 0.6) is 5.88 Å². The molecule has 1 aromatic heterocycles. The maximum absolute atomic E-state index is 11.2. The van der Waals surface area contributed by atoms with Gasteiger partial charge in [-0.2, -0.15) is 0 Å². The number of hydrogen-bond acceptors (Lipinski definition) is 3. The van der Waals surface area contributed by atoms with E-state index < -0.39 is 0 Å². The zero-order valence-corrected chi connectivity index (χ0v) is 7.20. The highest BCUT2D eigenvalue weighted by Crippen LogP contribution is 1.98. The van der Waals surface area contributed by atoms with Crippen LogP contribution in [0.3, 0.4) is 0 Å². The molecular weight excluding hydrogens is 160 g/mol. The molecule has 0 saturated heterocycles. The second-order valence-electron chi connectivity index (χ2n) is 2.43. The van der Waals surface area contributed by atoms with Gasteiger partial charge in [0.2, 0.25) is 5.88 Å². The van der Waals surface area contributed by atoms with E-state index in [9.17, 15) is 9.59 Å². The normalized spacial score (nSPS) is 9.92. The summed E-state index contributed by atoms with van der Waals surface area (Å²) in [5.41, 5.74) is -0.755. The van der Waals surface area contributed by atoms with Crippen molar-refractivity contribution in [1.82, 2.24) is 9.13 Å². The lowest BCUT2D eigenvalue weighted by atomic mass is 10.6. The van der Waals surface area contributed by atoms with Gasteiger partial charge in [0.1, 0.15) is 0 Å². The molecule has 1 rings (SSSR count). The van der Waals surface area contributed by atoms with E-state index in [-0.39, 0.29) is 17.1 Å². The third-order valence-electron chi connectivity index (χ3n) is 1.69. The maximum Gasteiger partial charge on any atom is 0.333 e. The smallest absolute Gasteiger partial charge is 0.333 e. The molecule has 0 atom stereocenters. The largest absolute Gasteiger partial charge is 0.482 e. The lowest BCUT2D eigenvalue weighted by molar-refractivity contribution is 0.368. The van der Waals surface area contributed by atoms with E-state index in [1.165, 1.54) is 24.8 Å². The number of ether oxygens (including phenoxy) is 1. The van der Waals surface area contributed by atoms with Crippen molar-refractivity contribution in [3.63, 3.8) is 0 Å². The van der Waals surface area contributed by atoms with Crippen molar-refractivity contribution in [2.45, 2.75) is 0 Å². The molecule has 66 valence electrons. The highest BCUT2D eigenvalue weighted by molar-refractivity contribution is 5.08. The van der Waals surface area contributed by atoms with Crippen molar-refractivity contribution < 1.29 is 4.74 Å². The molecular formula is C7H10N2O3. The van der Waals surface area contributed by atoms with Crippen LogP contribution in [-0.2, 0) is 14.1 Å². The molecule has 0 amide bonds. The molecule has 0 unspecified atom stereocenters. The Morgan fingerprint density at radius 2 is 1.83 bits per heavy atom. The van der Waals surface area contributed by atoms with Crippen LogP contribution in [-0.4, -0.2) is 16.2 Å². The summed E-state index contributed by atoms with van der Waals surface area (Å²) in [4.78, 5) is 22.3. The topological polar surface area (TPSA) is 53.2 Å². The Morgan fingerprint density at radius 3 is 2.33 bits per heavy atom. The number of rotatable bonds is 1. The molecule has 5 heteroatoms. The molecule has 1 aromatic rings. The first-order valence-corrected chi connectivity index (χ1v) is 3.39. The molecule has 0 aliphatic rings. The Kier molecular flexibility index (Phi) is 2.03. The number of hydrogen-bond donors (Lipinski definition) is 0. The zero-order valence-electron chi connectivity index (χ0n) is 7.20. The summed E-state index contributed by atoms with van der Waals surface area (Å²) in [5.74, 6) is 0.267. The van der Waals surface area contributed by atoms with Crippen molar-refractivity contribution in [3.8, 4) is 5.88 Å². The lowest BCUT2D eigenvalue weighted by Gasteiger charge is -2.06. The van der Waals surface area contributed by atoms with Crippen molar-refractivity contribution in [3.05, 3.63) is 26.9 Å². The molecule has 0 aliphatic heterocycles. The molecule has 0 N–H and O–H groups in total. The van der Waals surface area contributed by atoms with Gasteiger partial charge < -0.3 is 4.74 Å². The first-order valence-electron chi connectivity index (χ1n) is 3.39. The summed E-state index contributed by atoms with van der Waals surface area (Å²) >= 11 is 0. The van der Waals surface area contributed by atoms with Crippen LogP contribution in [0.15, 0.2) is 15.7 Å². The quantitative estimate of drug-likeness (QED) is 0.548. The van der Waals surface area contributed by atoms with E-state index in [1.807, 2.05) is 0 Å². The van der Waals surface area contributed by atoms with Crippen molar-refractivity contribution >= 4 is 0 Å². The average molecular weight is 170 g/mol. The fourth-order valence-electron chi connectivity index (χ4n) is 0.909. The third kappa shape index (κ3) is 1.13. The minimum Gasteiger partial charge on any atom is -0.482 e. The van der Waals surface area contributed by atoms with Gasteiger partial charge in [0.05, 0.1) is 13.2 Å². The maximum atomic E-state index is 11.2. The van der Waals surface area contributed by atoms with Crippen LogP contribution < -0.4 is 16.0 Å². The summed E-state index contributed by atoms with van der Waals surface area (Å²) in [6.45, 7) is 0. The van der Waals surface area contributed by atoms with E-state index in [0.29, 0.717) is 0 Å². The van der Waals surface area contributed by atoms with Gasteiger partial charge in [0.25, 0.3) is 5.56 Å². The van der Waals surface area contributed by atoms with E-state index in [1.54, 1.807) is 7.05 Å². The highest BCUT2D eigenvalue weighted by atomic mass is 16.5. The second kappa shape index (κ2) is 2.84. The number of methoxy groups -OCH3 is 1. The Balaban J connectivity index is 3.61. The van der Waals surface area contributed by atoms with Crippen molar-refractivity contribution in [2.75, 3.05) is 7.11 Å². The van der Waals surface area contributed by atoms with E-state index in [0.717, 1.165) is 4.57 Å². The van der Waals surface area contributed by atoms with Crippen molar-refractivity contribution in [2.24, 2.45) is 14.1 Å². The third-order valence-corrected chi connectivity index (χ3v) is 1.69. The van der Waals surface area contributed by atoms with Crippen LogP contribution in [0.4, 0.5) is 0 Å². The first-order chi connectivity index (χ1) is 5.57. The molecule has 0 aliphatic carbocycles. The van der Waals surface area contributed by atoms with Gasteiger partial charge in [0.15, 0.2) is 0 Å². The molecule has 12 heavy (non-hydrogen) atoms. The molecule has 0 spiro atoms. The fourth-order valence-corrected chi connectivity index (χ4v) is 0.909. The summed E-state index contributed by atoms with van der Waals surface area (Å²) in [7, 11) is 4.37. The van der Waals surface area contributed by atoms with Gasteiger partial charge in [0, 0.05) is 14.1 Å². The van der Waals surface area contributed by atoms with Crippen LogP contribution in [0, 0.1) is 0 Å². The zero-order chi connectivity index (χ0) is 9.30. The molecule has 0 radical (unpaired) electrons. The van der Waals surface area contributed by atoms with Gasteiger partial charge in [-0.15, -0.1) is 0 Å². The summed E-state index contributed by atoms with van der Waals surface area (Å²) in [5, 5.41) is 0. The van der Waals surface area contributed by atoms with Gasteiger partial charge in [-0.25, -0.2) is 4.79 Å². The first kappa shape index (κ1) is 8.58. The van der Waals surface area contributed by atoms with Crippen molar-refractivity contribution in [1.29, 1.82) is 0 Å². The Hall–Kier alpha value is -1.52. The average Bonchev–Trinajstić information content (AvgIpc) is 2.08. The van der Waals surface area contributed by atoms with E-state index >= 15 is 0 Å². The number of nitrogens with zero attached hydrogens (tertiary/aromatic N) is 2. The monoisotopic (exact) mass is 170 g/mol. The molecule has 0 bridgehead atoms. The standard InChI is InChI=1S/C7H10N2O3/c1-8-5(10)4-6(12-3)9(2)7(8)11/h4H,1-3H3. The van der Waals surface area contributed by atoms with Crippen LogP contribution in [0.1, 0.15) is 0 Å². The Bertz CT molecular complexity index is 402. The molecule has 0 saturated carbocycles. The summed E-state index contributed by atoms with van der Waals surface area (Å²) in [6.07, 6.45) is 0. The van der Waals surface area contributed by atoms with E-state index in [4.69, 9.17) is 4.74 Å². The predicted octanol–water partition coefficient (Wildman–Crippen LogP) is -0.907. The van der Waals surface area contributed by atoms with Gasteiger partial charge in [-0.1, -0.05) is 0 Å². The van der Waals surface area contributed by atoms with Gasteiger partial charge in [-0.05, 0) is 0 Å². The minimum atomic E-state index is -0.389. The van der Waals surface area contributed by atoms with E-state index in [2.05, 4.69) is 0 Å². The van der Waals surface area contributed by atoms with Gasteiger partial charge in [-0.3, -0.25) is 13.9 Å². The SMILES string of the molecule is COc1cc(=O)n(C)c(=O)n1C. The fraction of sp³-hybridized carbons (Fsp3) is 0.429. The highest BCUT2D eigenvalue weighted by Gasteiger charge is 2.03. The second-order valence-corrected chi connectivity index (χ2v) is 2.43.